The Hall–Kier alpha value is -0.540. The highest BCUT2D eigenvalue weighted by Gasteiger charge is 2.74. The molecule has 0 saturated carbocycles. The van der Waals surface area contributed by atoms with Crippen molar-refractivity contribution in [3.05, 3.63) is 12.2 Å². The Morgan fingerprint density at radius 1 is 1.29 bits per heavy atom. The standard InChI is InChI=1S/C10H18O7/c1-5(2)3-9(15)10(16,17-9)8(14)7(13)6(12)4-11/h6-8,11-16H,1,3-4H2,2H3/t6-,7-,8+,9?,10-/m1/s1. The third-order valence-corrected chi connectivity index (χ3v) is 2.69. The lowest BCUT2D eigenvalue weighted by atomic mass is 9.96. The molecule has 0 aromatic carbocycles. The first-order chi connectivity index (χ1) is 7.68. The number of aliphatic hydroxyl groups excluding tert-OH is 4. The van der Waals surface area contributed by atoms with E-state index in [0.717, 1.165) is 0 Å². The summed E-state index contributed by atoms with van der Waals surface area (Å²) in [6.45, 7) is 4.31. The summed E-state index contributed by atoms with van der Waals surface area (Å²) in [5, 5.41) is 56.2. The van der Waals surface area contributed by atoms with Gasteiger partial charge < -0.3 is 35.4 Å². The van der Waals surface area contributed by atoms with Crippen molar-refractivity contribution in [2.45, 2.75) is 43.2 Å². The molecule has 1 aliphatic rings. The average Bonchev–Trinajstić information content (AvgIpc) is 2.77. The van der Waals surface area contributed by atoms with E-state index in [9.17, 15) is 20.4 Å². The normalized spacial score (nSPS) is 37.4. The van der Waals surface area contributed by atoms with Gasteiger partial charge in [-0.1, -0.05) is 12.2 Å². The number of hydrogen-bond acceptors (Lipinski definition) is 7. The summed E-state index contributed by atoms with van der Waals surface area (Å²) in [5.74, 6) is -4.41. The maximum Gasteiger partial charge on any atom is 0.253 e. The molecule has 1 aliphatic heterocycles. The summed E-state index contributed by atoms with van der Waals surface area (Å²) in [7, 11) is 0. The van der Waals surface area contributed by atoms with Crippen LogP contribution in [-0.4, -0.2) is 67.1 Å². The van der Waals surface area contributed by atoms with Crippen molar-refractivity contribution >= 4 is 0 Å². The van der Waals surface area contributed by atoms with Crippen molar-refractivity contribution in [1.29, 1.82) is 0 Å². The van der Waals surface area contributed by atoms with E-state index >= 15 is 0 Å². The van der Waals surface area contributed by atoms with Crippen LogP contribution in [0.4, 0.5) is 0 Å². The second kappa shape index (κ2) is 4.62. The van der Waals surface area contributed by atoms with Gasteiger partial charge in [0.05, 0.1) is 6.61 Å². The second-order valence-corrected chi connectivity index (χ2v) is 4.40. The zero-order chi connectivity index (χ0) is 13.4. The molecule has 5 atom stereocenters. The Morgan fingerprint density at radius 2 is 1.82 bits per heavy atom. The van der Waals surface area contributed by atoms with Gasteiger partial charge in [0.2, 0.25) is 5.79 Å². The molecule has 1 heterocycles. The van der Waals surface area contributed by atoms with E-state index in [0.29, 0.717) is 5.57 Å². The molecule has 0 radical (unpaired) electrons. The van der Waals surface area contributed by atoms with Crippen LogP contribution in [0.5, 0.6) is 0 Å². The third kappa shape index (κ3) is 2.50. The molecule has 0 spiro atoms. The number of aliphatic hydroxyl groups is 6. The smallest absolute Gasteiger partial charge is 0.253 e. The van der Waals surface area contributed by atoms with Crippen LogP contribution in [0.15, 0.2) is 12.2 Å². The minimum atomic E-state index is -2.37. The van der Waals surface area contributed by atoms with Crippen LogP contribution in [0.25, 0.3) is 0 Å². The highest BCUT2D eigenvalue weighted by Crippen LogP contribution is 2.50. The molecule has 0 aromatic rings. The first kappa shape index (κ1) is 14.5. The molecule has 6 N–H and O–H groups in total. The highest BCUT2D eigenvalue weighted by atomic mass is 16.8. The predicted octanol–water partition coefficient (Wildman–Crippen LogP) is -2.56. The molecule has 7 heteroatoms. The molecule has 0 amide bonds. The lowest BCUT2D eigenvalue weighted by molar-refractivity contribution is -0.159. The molecule has 0 bridgehead atoms. The molecule has 1 fully saturated rings. The first-order valence-corrected chi connectivity index (χ1v) is 5.12. The van der Waals surface area contributed by atoms with Crippen LogP contribution in [0.2, 0.25) is 0 Å². The lowest BCUT2D eigenvalue weighted by Crippen LogP contribution is -2.50. The average molecular weight is 250 g/mol. The Morgan fingerprint density at radius 3 is 2.24 bits per heavy atom. The van der Waals surface area contributed by atoms with Gasteiger partial charge in [0.1, 0.15) is 18.3 Å². The Balaban J connectivity index is 2.71. The van der Waals surface area contributed by atoms with Gasteiger partial charge in [-0.2, -0.15) is 0 Å². The van der Waals surface area contributed by atoms with E-state index in [1.807, 2.05) is 0 Å². The Bertz CT molecular complexity index is 307. The predicted molar refractivity (Wildman–Crippen MR) is 55.5 cm³/mol. The van der Waals surface area contributed by atoms with Crippen LogP contribution in [0.1, 0.15) is 13.3 Å². The van der Waals surface area contributed by atoms with E-state index < -0.39 is 36.5 Å². The zero-order valence-corrected chi connectivity index (χ0v) is 9.44. The van der Waals surface area contributed by atoms with Crippen molar-refractivity contribution in [2.24, 2.45) is 0 Å². The van der Waals surface area contributed by atoms with Crippen molar-refractivity contribution in [1.82, 2.24) is 0 Å². The molecule has 100 valence electrons. The summed E-state index contributed by atoms with van der Waals surface area (Å²) >= 11 is 0. The topological polar surface area (TPSA) is 134 Å². The Kier molecular flexibility index (Phi) is 3.94. The monoisotopic (exact) mass is 250 g/mol. The van der Waals surface area contributed by atoms with Gasteiger partial charge in [0.15, 0.2) is 0 Å². The molecule has 0 aromatic heterocycles. The summed E-state index contributed by atoms with van der Waals surface area (Å²) in [4.78, 5) is 0. The summed E-state index contributed by atoms with van der Waals surface area (Å²) in [6, 6.07) is 0. The fourth-order valence-electron chi connectivity index (χ4n) is 1.65. The molecule has 17 heavy (non-hydrogen) atoms. The van der Waals surface area contributed by atoms with Crippen molar-refractivity contribution in [2.75, 3.05) is 6.61 Å². The quantitative estimate of drug-likeness (QED) is 0.225. The highest BCUT2D eigenvalue weighted by molar-refractivity contribution is 5.13. The summed E-state index contributed by atoms with van der Waals surface area (Å²) in [5.41, 5.74) is 0.507. The number of epoxide rings is 1. The van der Waals surface area contributed by atoms with Crippen LogP contribution in [0, 0.1) is 0 Å². The van der Waals surface area contributed by atoms with Crippen molar-refractivity contribution in [3.63, 3.8) is 0 Å². The van der Waals surface area contributed by atoms with Crippen LogP contribution >= 0.6 is 0 Å². The largest absolute Gasteiger partial charge is 0.394 e. The molecule has 7 nitrogen and oxygen atoms in total. The van der Waals surface area contributed by atoms with E-state index in [1.54, 1.807) is 6.92 Å². The number of ether oxygens (including phenoxy) is 1. The van der Waals surface area contributed by atoms with Gasteiger partial charge in [-0.25, -0.2) is 0 Å². The van der Waals surface area contributed by atoms with Crippen LogP contribution in [0.3, 0.4) is 0 Å². The summed E-state index contributed by atoms with van der Waals surface area (Å²) in [6.07, 6.45) is -5.56. The van der Waals surface area contributed by atoms with Gasteiger partial charge in [-0.05, 0) is 6.92 Å². The fourth-order valence-corrected chi connectivity index (χ4v) is 1.65. The van der Waals surface area contributed by atoms with Gasteiger partial charge in [0, 0.05) is 6.42 Å². The summed E-state index contributed by atoms with van der Waals surface area (Å²) < 4.78 is 4.63. The van der Waals surface area contributed by atoms with E-state index in [-0.39, 0.29) is 6.42 Å². The van der Waals surface area contributed by atoms with Crippen LogP contribution < -0.4 is 0 Å². The first-order valence-electron chi connectivity index (χ1n) is 5.12. The zero-order valence-electron chi connectivity index (χ0n) is 9.44. The van der Waals surface area contributed by atoms with E-state index in [2.05, 4.69) is 11.3 Å². The van der Waals surface area contributed by atoms with Gasteiger partial charge in [-0.15, -0.1) is 0 Å². The molecular weight excluding hydrogens is 232 g/mol. The van der Waals surface area contributed by atoms with Crippen molar-refractivity contribution in [3.8, 4) is 0 Å². The maximum atomic E-state index is 9.76. The van der Waals surface area contributed by atoms with E-state index in [4.69, 9.17) is 10.2 Å². The second-order valence-electron chi connectivity index (χ2n) is 4.40. The minimum absolute atomic E-state index is 0.123. The lowest BCUT2D eigenvalue weighted by Gasteiger charge is -2.24. The minimum Gasteiger partial charge on any atom is -0.394 e. The van der Waals surface area contributed by atoms with Crippen LogP contribution in [-0.2, 0) is 4.74 Å². The van der Waals surface area contributed by atoms with Gasteiger partial charge in [0.25, 0.3) is 5.79 Å². The third-order valence-electron chi connectivity index (χ3n) is 2.69. The van der Waals surface area contributed by atoms with Gasteiger partial charge >= 0.3 is 0 Å². The number of hydrogen-bond donors (Lipinski definition) is 6. The van der Waals surface area contributed by atoms with Gasteiger partial charge in [-0.3, -0.25) is 0 Å². The molecule has 1 rings (SSSR count). The Labute approximate surface area is 98.2 Å². The number of rotatable bonds is 6. The molecule has 1 unspecified atom stereocenters. The fraction of sp³-hybridized carbons (Fsp3) is 0.800. The van der Waals surface area contributed by atoms with Crippen molar-refractivity contribution < 1.29 is 35.4 Å². The maximum absolute atomic E-state index is 9.76. The van der Waals surface area contributed by atoms with E-state index in [1.165, 1.54) is 0 Å². The SMILES string of the molecule is C=C(C)CC1(O)O[C@]1(O)[C@@H](O)[C@H](O)[C@H](O)CO. The molecule has 0 aliphatic carbocycles. The molecule has 1 saturated heterocycles. The molecular formula is C10H18O7.